The van der Waals surface area contributed by atoms with Crippen molar-refractivity contribution >= 4 is 68.6 Å². The first-order valence-electron chi connectivity index (χ1n) is 9.60. The number of carbonyl (C=O) groups excluding carboxylic acids is 2. The lowest BCUT2D eigenvalue weighted by Gasteiger charge is -2.15. The van der Waals surface area contributed by atoms with Crippen LogP contribution in [0.5, 0.6) is 0 Å². The predicted octanol–water partition coefficient (Wildman–Crippen LogP) is 5.66. The Bertz CT molecular complexity index is 1050. The number of ketones is 1. The summed E-state index contributed by atoms with van der Waals surface area (Å²) >= 11 is 8.29. The first-order chi connectivity index (χ1) is 14.9. The van der Waals surface area contributed by atoms with Crippen LogP contribution in [0.4, 0.5) is 16.5 Å². The third-order valence-electron chi connectivity index (χ3n) is 4.25. The maximum atomic E-state index is 12.5. The van der Waals surface area contributed by atoms with Crippen LogP contribution in [0, 0.1) is 0 Å². The Labute approximate surface area is 194 Å². The van der Waals surface area contributed by atoms with Gasteiger partial charge in [0.05, 0.1) is 5.25 Å². The molecule has 2 aromatic carbocycles. The van der Waals surface area contributed by atoms with Gasteiger partial charge in [-0.25, -0.2) is 4.98 Å². The minimum atomic E-state index is -0.232. The molecule has 6 nitrogen and oxygen atoms in total. The van der Waals surface area contributed by atoms with Crippen LogP contribution in [0.25, 0.3) is 0 Å². The van der Waals surface area contributed by atoms with E-state index in [2.05, 4.69) is 20.9 Å². The molecule has 1 heterocycles. The Balaban J connectivity index is 1.59. The minimum Gasteiger partial charge on any atom is -0.332 e. The Hall–Kier alpha value is -2.75. The maximum absolute atomic E-state index is 12.5. The molecule has 1 aromatic heterocycles. The van der Waals surface area contributed by atoms with Crippen molar-refractivity contribution in [3.05, 3.63) is 65.7 Å². The summed E-state index contributed by atoms with van der Waals surface area (Å²) in [6, 6.07) is 14.9. The van der Waals surface area contributed by atoms with E-state index in [-0.39, 0.29) is 16.9 Å². The molecule has 1 atom stereocenters. The standard InChI is InChI=1S/C22H22N4O2S3/c1-3-19(20(28)26-22-23-11-12-30-22)31-18-6-4-5-17(13-18)25-21(29)24-16-9-7-15(8-10-16)14(2)27/h4-13,19H,3H2,1-2H3,(H,23,26,28)(H2,24,25,29). The number of thioether (sulfide) groups is 1. The van der Waals surface area contributed by atoms with Gasteiger partial charge in [-0.3, -0.25) is 9.59 Å². The van der Waals surface area contributed by atoms with Crippen LogP contribution < -0.4 is 16.0 Å². The SMILES string of the molecule is CCC(Sc1cccc(NC(=S)Nc2ccc(C(C)=O)cc2)c1)C(=O)Nc1nccs1. The van der Waals surface area contributed by atoms with Crippen molar-refractivity contribution in [3.8, 4) is 0 Å². The molecule has 3 rings (SSSR count). The number of Topliss-reactive ketones (excluding diaryl/α,β-unsaturated/α-hetero) is 1. The number of hydrogen-bond acceptors (Lipinski definition) is 6. The second-order valence-electron chi connectivity index (χ2n) is 6.58. The molecule has 0 saturated carbocycles. The van der Waals surface area contributed by atoms with Gasteiger partial charge in [-0.05, 0) is 68.0 Å². The summed E-state index contributed by atoms with van der Waals surface area (Å²) in [5.41, 5.74) is 2.26. The molecule has 31 heavy (non-hydrogen) atoms. The molecule has 9 heteroatoms. The van der Waals surface area contributed by atoms with Crippen molar-refractivity contribution in [1.82, 2.24) is 4.98 Å². The highest BCUT2D eigenvalue weighted by Crippen LogP contribution is 2.29. The lowest BCUT2D eigenvalue weighted by atomic mass is 10.1. The zero-order valence-electron chi connectivity index (χ0n) is 17.0. The van der Waals surface area contributed by atoms with Gasteiger partial charge in [0.25, 0.3) is 0 Å². The summed E-state index contributed by atoms with van der Waals surface area (Å²) in [6.07, 6.45) is 2.36. The number of nitrogens with one attached hydrogen (secondary N) is 3. The van der Waals surface area contributed by atoms with E-state index in [1.165, 1.54) is 30.0 Å². The van der Waals surface area contributed by atoms with E-state index in [0.29, 0.717) is 22.2 Å². The average Bonchev–Trinajstić information content (AvgIpc) is 3.25. The minimum absolute atomic E-state index is 0.0206. The summed E-state index contributed by atoms with van der Waals surface area (Å²) in [5.74, 6) is -0.0423. The van der Waals surface area contributed by atoms with Crippen LogP contribution in [-0.2, 0) is 4.79 Å². The molecule has 0 saturated heterocycles. The normalized spacial score (nSPS) is 11.4. The first kappa shape index (κ1) is 22.9. The molecule has 0 aliphatic rings. The number of carbonyl (C=O) groups is 2. The van der Waals surface area contributed by atoms with Crippen molar-refractivity contribution in [2.24, 2.45) is 0 Å². The fraction of sp³-hybridized carbons (Fsp3) is 0.182. The number of hydrogen-bond donors (Lipinski definition) is 3. The van der Waals surface area contributed by atoms with Crippen LogP contribution in [0.2, 0.25) is 0 Å². The molecule has 0 fully saturated rings. The van der Waals surface area contributed by atoms with Gasteiger partial charge >= 0.3 is 0 Å². The maximum Gasteiger partial charge on any atom is 0.239 e. The number of rotatable bonds is 8. The highest BCUT2D eigenvalue weighted by Gasteiger charge is 2.19. The fourth-order valence-electron chi connectivity index (χ4n) is 2.69. The molecule has 0 bridgehead atoms. The van der Waals surface area contributed by atoms with Gasteiger partial charge in [-0.15, -0.1) is 23.1 Å². The quantitative estimate of drug-likeness (QED) is 0.222. The van der Waals surface area contributed by atoms with Gasteiger partial charge < -0.3 is 16.0 Å². The number of amides is 1. The predicted molar refractivity (Wildman–Crippen MR) is 133 cm³/mol. The van der Waals surface area contributed by atoms with E-state index < -0.39 is 0 Å². The third-order valence-corrected chi connectivity index (χ3v) is 6.50. The summed E-state index contributed by atoms with van der Waals surface area (Å²) in [6.45, 7) is 3.52. The van der Waals surface area contributed by atoms with Gasteiger partial charge in [-0.1, -0.05) is 13.0 Å². The number of nitrogens with zero attached hydrogens (tertiary/aromatic N) is 1. The first-order valence-corrected chi connectivity index (χ1v) is 11.8. The van der Waals surface area contributed by atoms with Crippen molar-refractivity contribution in [1.29, 1.82) is 0 Å². The van der Waals surface area contributed by atoms with Crippen molar-refractivity contribution in [2.75, 3.05) is 16.0 Å². The highest BCUT2D eigenvalue weighted by atomic mass is 32.2. The molecule has 1 unspecified atom stereocenters. The van der Waals surface area contributed by atoms with Crippen molar-refractivity contribution < 1.29 is 9.59 Å². The lowest BCUT2D eigenvalue weighted by Crippen LogP contribution is -2.24. The van der Waals surface area contributed by atoms with Gasteiger partial charge in [0.2, 0.25) is 5.91 Å². The van der Waals surface area contributed by atoms with E-state index in [4.69, 9.17) is 12.2 Å². The molecular weight excluding hydrogens is 448 g/mol. The monoisotopic (exact) mass is 470 g/mol. The van der Waals surface area contributed by atoms with E-state index in [0.717, 1.165) is 16.3 Å². The van der Waals surface area contributed by atoms with Gasteiger partial charge in [0, 0.05) is 33.4 Å². The average molecular weight is 471 g/mol. The summed E-state index contributed by atoms with van der Waals surface area (Å²) < 4.78 is 0. The van der Waals surface area contributed by atoms with E-state index >= 15 is 0 Å². The smallest absolute Gasteiger partial charge is 0.239 e. The number of aromatic nitrogens is 1. The molecule has 0 aliphatic carbocycles. The van der Waals surface area contributed by atoms with Crippen molar-refractivity contribution in [2.45, 2.75) is 30.4 Å². The Morgan fingerprint density at radius 2 is 1.84 bits per heavy atom. The molecular formula is C22H22N4O2S3. The van der Waals surface area contributed by atoms with Crippen LogP contribution in [0.15, 0.2) is 65.0 Å². The fourth-order valence-corrected chi connectivity index (χ4v) is 4.47. The molecule has 3 aromatic rings. The van der Waals surface area contributed by atoms with Crippen molar-refractivity contribution in [3.63, 3.8) is 0 Å². The van der Waals surface area contributed by atoms with E-state index in [9.17, 15) is 9.59 Å². The molecule has 0 radical (unpaired) electrons. The second kappa shape index (κ2) is 11.0. The van der Waals surface area contributed by atoms with E-state index in [1.54, 1.807) is 18.3 Å². The van der Waals surface area contributed by atoms with Crippen LogP contribution in [0.3, 0.4) is 0 Å². The van der Waals surface area contributed by atoms with Gasteiger partial charge in [0.15, 0.2) is 16.0 Å². The largest absolute Gasteiger partial charge is 0.332 e. The number of thiocarbonyl (C=S) groups is 1. The lowest BCUT2D eigenvalue weighted by molar-refractivity contribution is -0.115. The molecule has 0 spiro atoms. The van der Waals surface area contributed by atoms with Crippen LogP contribution in [0.1, 0.15) is 30.6 Å². The third kappa shape index (κ3) is 6.88. The molecule has 160 valence electrons. The number of thiazole rings is 1. The van der Waals surface area contributed by atoms with E-state index in [1.807, 2.05) is 48.7 Å². The topological polar surface area (TPSA) is 83.1 Å². The molecule has 1 amide bonds. The van der Waals surface area contributed by atoms with Gasteiger partial charge in [0.1, 0.15) is 0 Å². The highest BCUT2D eigenvalue weighted by molar-refractivity contribution is 8.00. The zero-order chi connectivity index (χ0) is 22.2. The number of benzene rings is 2. The van der Waals surface area contributed by atoms with Crippen LogP contribution in [-0.4, -0.2) is 27.0 Å². The summed E-state index contributed by atoms with van der Waals surface area (Å²) in [5, 5.41) is 11.8. The Kier molecular flexibility index (Phi) is 8.16. The van der Waals surface area contributed by atoms with Crippen LogP contribution >= 0.6 is 35.3 Å². The molecule has 0 aliphatic heterocycles. The summed E-state index contributed by atoms with van der Waals surface area (Å²) in [7, 11) is 0. The molecule has 3 N–H and O–H groups in total. The second-order valence-corrected chi connectivity index (χ2v) is 9.16. The number of anilines is 3. The Morgan fingerprint density at radius 1 is 1.10 bits per heavy atom. The zero-order valence-corrected chi connectivity index (χ0v) is 19.5. The Morgan fingerprint density at radius 3 is 2.48 bits per heavy atom. The van der Waals surface area contributed by atoms with Gasteiger partial charge in [-0.2, -0.15) is 0 Å². The summed E-state index contributed by atoms with van der Waals surface area (Å²) in [4.78, 5) is 29.0.